The molecule has 1 aliphatic carbocycles. The van der Waals surface area contributed by atoms with Crippen LogP contribution in [0.5, 0.6) is 5.88 Å². The fraction of sp³-hybridized carbons (Fsp3) is 0.415. The summed E-state index contributed by atoms with van der Waals surface area (Å²) in [5.41, 5.74) is 6.34. The van der Waals surface area contributed by atoms with E-state index in [1.165, 1.54) is 0 Å². The van der Waals surface area contributed by atoms with E-state index in [4.69, 9.17) is 26.3 Å². The molecule has 4 heterocycles. The third-order valence-electron chi connectivity index (χ3n) is 10.8. The molecule has 56 heavy (non-hydrogen) atoms. The lowest BCUT2D eigenvalue weighted by atomic mass is 9.82. The van der Waals surface area contributed by atoms with Crippen molar-refractivity contribution in [3.63, 3.8) is 0 Å². The summed E-state index contributed by atoms with van der Waals surface area (Å²) in [6, 6.07) is 13.1. The number of aliphatic carboxylic acids is 1. The van der Waals surface area contributed by atoms with Crippen LogP contribution in [0.25, 0.3) is 33.4 Å². The molecule has 0 amide bonds. The third kappa shape index (κ3) is 8.73. The largest absolute Gasteiger partial charge is 0.481 e. The van der Waals surface area contributed by atoms with Crippen LogP contribution in [-0.4, -0.2) is 90.8 Å². The number of anilines is 2. The Morgan fingerprint density at radius 3 is 2.50 bits per heavy atom. The zero-order valence-electron chi connectivity index (χ0n) is 31.6. The maximum Gasteiger partial charge on any atom is 0.306 e. The van der Waals surface area contributed by atoms with Crippen LogP contribution < -0.4 is 10.1 Å². The molecule has 294 valence electrons. The standard InChI is InChI=1S/C41H45ClF2N8O4/c1-23-28(6-5-9-31(23)47-38-36-32(48-39(50-38)37(43)44)16-25(17-46-36)20-52-15-14-27(53)21-52)29-7-4-8-30(35(29)42)33-18-45-34(40(49-33)56-3)22-51(2)19-24-10-12-26(13-11-24)41(54)55/h4-9,16-18,24,26-27,37,53H,10-15,19-22H2,1-3H3,(H,54,55)(H,47,48,50)/t24?,26?,27-/m1/s1. The molecule has 2 aromatic carbocycles. The minimum atomic E-state index is -2.89. The van der Waals surface area contributed by atoms with Gasteiger partial charge in [0.05, 0.1) is 41.6 Å². The number of aromatic nitrogens is 5. The number of halogens is 3. The Bertz CT molecular complexity index is 2220. The molecule has 0 spiro atoms. The topological polar surface area (TPSA) is 150 Å². The fourth-order valence-electron chi connectivity index (χ4n) is 7.84. The van der Waals surface area contributed by atoms with Crippen LogP contribution in [0.3, 0.4) is 0 Å². The Morgan fingerprint density at radius 2 is 1.79 bits per heavy atom. The summed E-state index contributed by atoms with van der Waals surface area (Å²) in [6.07, 6.45) is 4.00. The molecule has 3 N–H and O–H groups in total. The van der Waals surface area contributed by atoms with Crippen molar-refractivity contribution in [2.75, 3.05) is 39.1 Å². The normalized spacial score (nSPS) is 18.9. The van der Waals surface area contributed by atoms with Gasteiger partial charge >= 0.3 is 5.97 Å². The second-order valence-electron chi connectivity index (χ2n) is 14.9. The summed E-state index contributed by atoms with van der Waals surface area (Å²) in [6.45, 7) is 5.07. The number of nitrogens with zero attached hydrogens (tertiary/aromatic N) is 7. The predicted molar refractivity (Wildman–Crippen MR) is 210 cm³/mol. The van der Waals surface area contributed by atoms with E-state index in [1.807, 2.05) is 50.4 Å². The number of alkyl halides is 2. The number of carboxylic acid groups (broad SMARTS) is 1. The molecule has 5 aromatic rings. The van der Waals surface area contributed by atoms with E-state index in [9.17, 15) is 23.8 Å². The number of nitrogens with one attached hydrogen (secondary N) is 1. The van der Waals surface area contributed by atoms with Crippen molar-refractivity contribution in [1.82, 2.24) is 34.7 Å². The first kappa shape index (κ1) is 39.3. The van der Waals surface area contributed by atoms with Gasteiger partial charge in [0.15, 0.2) is 11.6 Å². The van der Waals surface area contributed by atoms with E-state index >= 15 is 0 Å². The van der Waals surface area contributed by atoms with Gasteiger partial charge in [-0.25, -0.2) is 23.7 Å². The van der Waals surface area contributed by atoms with Crippen LogP contribution in [0.15, 0.2) is 54.9 Å². The number of carboxylic acids is 1. The molecule has 3 aromatic heterocycles. The molecule has 1 atom stereocenters. The van der Waals surface area contributed by atoms with E-state index in [0.717, 1.165) is 48.2 Å². The number of carbonyl (C=O) groups is 1. The van der Waals surface area contributed by atoms with Crippen molar-refractivity contribution in [1.29, 1.82) is 0 Å². The lowest BCUT2D eigenvalue weighted by Gasteiger charge is -2.29. The lowest BCUT2D eigenvalue weighted by Crippen LogP contribution is -2.30. The zero-order valence-corrected chi connectivity index (χ0v) is 32.3. The quantitative estimate of drug-likeness (QED) is 0.107. The van der Waals surface area contributed by atoms with Crippen molar-refractivity contribution in [3.05, 3.63) is 82.5 Å². The van der Waals surface area contributed by atoms with Crippen molar-refractivity contribution >= 4 is 40.1 Å². The van der Waals surface area contributed by atoms with Crippen molar-refractivity contribution in [3.8, 4) is 28.3 Å². The Balaban J connectivity index is 1.12. The summed E-state index contributed by atoms with van der Waals surface area (Å²) in [5, 5.41) is 23.0. The number of pyridine rings is 1. The van der Waals surface area contributed by atoms with E-state index in [0.29, 0.717) is 89.4 Å². The van der Waals surface area contributed by atoms with E-state index in [1.54, 1.807) is 25.6 Å². The first-order chi connectivity index (χ1) is 27.0. The van der Waals surface area contributed by atoms with Gasteiger partial charge in [0.25, 0.3) is 6.43 Å². The number of aliphatic hydroxyl groups is 1. The number of benzene rings is 2. The number of aliphatic hydroxyl groups excluding tert-OH is 1. The summed E-state index contributed by atoms with van der Waals surface area (Å²) in [7, 11) is 3.58. The van der Waals surface area contributed by atoms with Gasteiger partial charge in [-0.05, 0) is 80.8 Å². The first-order valence-electron chi connectivity index (χ1n) is 18.8. The molecule has 0 unspecified atom stereocenters. The molecule has 0 radical (unpaired) electrons. The van der Waals surface area contributed by atoms with E-state index in [2.05, 4.69) is 30.1 Å². The minimum absolute atomic E-state index is 0.159. The van der Waals surface area contributed by atoms with Crippen LogP contribution in [0, 0.1) is 18.8 Å². The fourth-order valence-corrected chi connectivity index (χ4v) is 8.17. The zero-order chi connectivity index (χ0) is 39.5. The Hall–Kier alpha value is -4.89. The number of hydrogen-bond acceptors (Lipinski definition) is 11. The highest BCUT2D eigenvalue weighted by atomic mass is 35.5. The highest BCUT2D eigenvalue weighted by Crippen LogP contribution is 2.40. The molecule has 0 bridgehead atoms. The van der Waals surface area contributed by atoms with E-state index < -0.39 is 18.2 Å². The highest BCUT2D eigenvalue weighted by Gasteiger charge is 2.27. The molecule has 7 rings (SSSR count). The maximum absolute atomic E-state index is 14.1. The van der Waals surface area contributed by atoms with Crippen LogP contribution in [0.4, 0.5) is 20.3 Å². The molecule has 1 saturated heterocycles. The third-order valence-corrected chi connectivity index (χ3v) is 11.2. The number of rotatable bonds is 13. The monoisotopic (exact) mass is 786 g/mol. The first-order valence-corrected chi connectivity index (χ1v) is 19.2. The van der Waals surface area contributed by atoms with Crippen molar-refractivity contribution in [2.24, 2.45) is 11.8 Å². The van der Waals surface area contributed by atoms with Crippen molar-refractivity contribution in [2.45, 2.75) is 64.6 Å². The second kappa shape index (κ2) is 17.1. The summed E-state index contributed by atoms with van der Waals surface area (Å²) >= 11 is 7.13. The Morgan fingerprint density at radius 1 is 1.04 bits per heavy atom. The molecule has 2 aliphatic rings. The SMILES string of the molecule is COc1nc(-c2cccc(-c3cccc(Nc4nc(C(F)F)nc5cc(CN6CC[C@@H](O)C6)cnc45)c3C)c2Cl)cnc1CN(C)CC1CCC(C(=O)O)CC1. The van der Waals surface area contributed by atoms with E-state index in [-0.39, 0.29) is 17.8 Å². The van der Waals surface area contributed by atoms with Crippen LogP contribution in [-0.2, 0) is 17.9 Å². The van der Waals surface area contributed by atoms with Gasteiger partial charge in [-0.15, -0.1) is 0 Å². The van der Waals surface area contributed by atoms with Gasteiger partial charge in [0.2, 0.25) is 5.88 Å². The minimum Gasteiger partial charge on any atom is -0.481 e. The lowest BCUT2D eigenvalue weighted by molar-refractivity contribution is -0.143. The van der Waals surface area contributed by atoms with Crippen LogP contribution in [0.1, 0.15) is 61.2 Å². The molecule has 1 aliphatic heterocycles. The van der Waals surface area contributed by atoms with Crippen molar-refractivity contribution < 1.29 is 28.5 Å². The number of fused-ring (bicyclic) bond motifs is 1. The molecular weight excluding hydrogens is 742 g/mol. The predicted octanol–water partition coefficient (Wildman–Crippen LogP) is 7.69. The number of likely N-dealkylation sites (tertiary alicyclic amines) is 1. The molecular formula is C41H45ClF2N8O4. The average Bonchev–Trinajstić information content (AvgIpc) is 3.59. The molecule has 12 nitrogen and oxygen atoms in total. The average molecular weight is 787 g/mol. The van der Waals surface area contributed by atoms with Gasteiger partial charge < -0.3 is 25.2 Å². The molecule has 2 fully saturated rings. The van der Waals surface area contributed by atoms with Gasteiger partial charge in [-0.1, -0.05) is 41.9 Å². The number of ether oxygens (including phenoxy) is 1. The van der Waals surface area contributed by atoms with Gasteiger partial charge in [-0.2, -0.15) is 0 Å². The summed E-state index contributed by atoms with van der Waals surface area (Å²) in [5.74, 6) is -0.570. The van der Waals surface area contributed by atoms with Gasteiger partial charge in [-0.3, -0.25) is 19.7 Å². The molecule has 15 heteroatoms. The summed E-state index contributed by atoms with van der Waals surface area (Å²) in [4.78, 5) is 38.1. The van der Waals surface area contributed by atoms with Crippen LogP contribution >= 0.6 is 11.6 Å². The van der Waals surface area contributed by atoms with Gasteiger partial charge in [0, 0.05) is 55.7 Å². The van der Waals surface area contributed by atoms with Crippen LogP contribution in [0.2, 0.25) is 5.02 Å². The maximum atomic E-state index is 14.1. The Kier molecular flexibility index (Phi) is 12.0. The molecule has 1 saturated carbocycles. The Labute approximate surface area is 329 Å². The summed E-state index contributed by atoms with van der Waals surface area (Å²) < 4.78 is 33.8. The second-order valence-corrected chi connectivity index (χ2v) is 15.2. The number of β-amino-alcohol motifs (C(OH)–C–C–N with tert-alkyl or cyclic N) is 1. The van der Waals surface area contributed by atoms with Gasteiger partial charge in [0.1, 0.15) is 11.2 Å². The highest BCUT2D eigenvalue weighted by molar-refractivity contribution is 6.36. The number of methoxy groups -OCH3 is 1. The number of hydrogen-bond donors (Lipinski definition) is 3. The smallest absolute Gasteiger partial charge is 0.306 e.